The average molecular weight is 656 g/mol. The molecule has 0 aliphatic heterocycles. The predicted octanol–water partition coefficient (Wildman–Crippen LogP) is 6.13. The fourth-order valence-electron chi connectivity index (χ4n) is 4.24. The number of nitrogens with zero attached hydrogens (tertiary/aromatic N) is 2. The van der Waals surface area contributed by atoms with Crippen molar-refractivity contribution in [3.63, 3.8) is 0 Å². The molecule has 4 aromatic carbocycles. The average Bonchev–Trinajstić information content (AvgIpc) is 2.93. The fourth-order valence-corrected chi connectivity index (χ4v) is 4.24. The van der Waals surface area contributed by atoms with Gasteiger partial charge in [-0.05, 0) is 96.8 Å². The minimum Gasteiger partial charge on any atom is -0.550 e. The third-order valence-corrected chi connectivity index (χ3v) is 6.57. The third kappa shape index (κ3) is 11.9. The van der Waals surface area contributed by atoms with Crippen LogP contribution in [0.1, 0.15) is 86.8 Å². The molecule has 9 heteroatoms. The van der Waals surface area contributed by atoms with Crippen molar-refractivity contribution in [3.8, 4) is 11.5 Å². The molecule has 239 valence electrons. The Labute approximate surface area is 275 Å². The zero-order valence-electron chi connectivity index (χ0n) is 26.8. The summed E-state index contributed by atoms with van der Waals surface area (Å²) in [5, 5.41) is 41.2. The number of benzene rings is 4. The monoisotopic (exact) mass is 655 g/mol. The Morgan fingerprint density at radius 3 is 1.27 bits per heavy atom. The molecule has 45 heavy (non-hydrogen) atoms. The number of fused-ring (bicyclic) bond motifs is 1. The number of hydrogen-bond donors (Lipinski definition) is 2. The first kappa shape index (κ1) is 38.6. The standard InChI is InChI=1S/C32H34N2O2.2C2H4O2.Co/c1-19(2)25-11-21(5)31(35)27(13-25)17-33-29-15-23-9-7-8-10-24(23)16-30(29)34-18-28-14-26(20(3)4)12-22(6)32(28)36;2*1-2(3)4;/h7-20,35-36H,1-6H3;2*1H3,(H,3,4);/q;;;+2/p-2. The van der Waals surface area contributed by atoms with E-state index in [1.54, 1.807) is 12.4 Å². The second-order valence-electron chi connectivity index (χ2n) is 11.0. The number of carboxylic acids is 2. The van der Waals surface area contributed by atoms with Crippen molar-refractivity contribution in [2.45, 2.75) is 67.2 Å². The molecule has 0 fully saturated rings. The van der Waals surface area contributed by atoms with Crippen molar-refractivity contribution in [2.75, 3.05) is 0 Å². The summed E-state index contributed by atoms with van der Waals surface area (Å²) in [6.45, 7) is 14.3. The van der Waals surface area contributed by atoms with Crippen molar-refractivity contribution in [3.05, 3.63) is 94.0 Å². The van der Waals surface area contributed by atoms with Gasteiger partial charge in [0, 0.05) is 35.5 Å². The van der Waals surface area contributed by atoms with E-state index in [9.17, 15) is 10.2 Å². The van der Waals surface area contributed by atoms with E-state index in [-0.39, 0.29) is 28.3 Å². The number of aliphatic carboxylic acids is 2. The van der Waals surface area contributed by atoms with Crippen molar-refractivity contribution in [1.29, 1.82) is 0 Å². The quantitative estimate of drug-likeness (QED) is 0.239. The number of rotatable bonds is 6. The Kier molecular flexibility index (Phi) is 15.2. The van der Waals surface area contributed by atoms with Gasteiger partial charge in [0.1, 0.15) is 11.5 Å². The zero-order chi connectivity index (χ0) is 33.1. The van der Waals surface area contributed by atoms with E-state index in [1.807, 2.05) is 74.5 Å². The fraction of sp³-hybridized carbons (Fsp3) is 0.278. The number of carboxylic acid groups (broad SMARTS) is 2. The van der Waals surface area contributed by atoms with E-state index < -0.39 is 11.9 Å². The van der Waals surface area contributed by atoms with Crippen LogP contribution in [-0.2, 0) is 26.4 Å². The van der Waals surface area contributed by atoms with Crippen molar-refractivity contribution in [2.24, 2.45) is 9.98 Å². The molecule has 2 N–H and O–H groups in total. The van der Waals surface area contributed by atoms with Gasteiger partial charge in [-0.2, -0.15) is 0 Å². The number of phenols is 2. The molecule has 0 atom stereocenters. The summed E-state index contributed by atoms with van der Waals surface area (Å²) in [5.74, 6) is -1.01. The first-order chi connectivity index (χ1) is 20.6. The van der Waals surface area contributed by atoms with Crippen molar-refractivity contribution < 1.29 is 46.8 Å². The number of aryl methyl sites for hydroxylation is 2. The molecule has 0 heterocycles. The van der Waals surface area contributed by atoms with Crippen LogP contribution in [0.15, 0.2) is 70.6 Å². The maximum atomic E-state index is 10.7. The van der Waals surface area contributed by atoms with Crippen LogP contribution < -0.4 is 10.2 Å². The molecule has 4 rings (SSSR count). The molecule has 0 bridgehead atoms. The number of carbonyl (C=O) groups is 2. The van der Waals surface area contributed by atoms with Gasteiger partial charge in [0.2, 0.25) is 0 Å². The van der Waals surface area contributed by atoms with E-state index >= 15 is 0 Å². The zero-order valence-corrected chi connectivity index (χ0v) is 27.9. The molecule has 0 amide bonds. The summed E-state index contributed by atoms with van der Waals surface area (Å²) in [5.41, 5.74) is 6.70. The van der Waals surface area contributed by atoms with Gasteiger partial charge in [0.05, 0.1) is 11.4 Å². The van der Waals surface area contributed by atoms with Crippen LogP contribution in [0, 0.1) is 13.8 Å². The van der Waals surface area contributed by atoms with Crippen LogP contribution in [0.25, 0.3) is 10.8 Å². The minimum absolute atomic E-state index is 0. The number of hydrogen-bond acceptors (Lipinski definition) is 8. The van der Waals surface area contributed by atoms with Crippen LogP contribution in [0.5, 0.6) is 11.5 Å². The summed E-state index contributed by atoms with van der Waals surface area (Å²) >= 11 is 0. The number of carbonyl (C=O) groups excluding carboxylic acids is 2. The Morgan fingerprint density at radius 2 is 0.978 bits per heavy atom. The van der Waals surface area contributed by atoms with Gasteiger partial charge in [-0.1, -0.05) is 64.1 Å². The van der Waals surface area contributed by atoms with Gasteiger partial charge in [-0.3, -0.25) is 9.98 Å². The molecular formula is C36H40CoN2O6. The molecular weight excluding hydrogens is 615 g/mol. The topological polar surface area (TPSA) is 145 Å². The maximum Gasteiger partial charge on any atom is 2.00 e. The Balaban J connectivity index is 0.00000101. The largest absolute Gasteiger partial charge is 2.00 e. The van der Waals surface area contributed by atoms with Crippen LogP contribution in [0.4, 0.5) is 11.4 Å². The minimum atomic E-state index is -1.08. The van der Waals surface area contributed by atoms with E-state index in [0.29, 0.717) is 34.3 Å². The Hall–Kier alpha value is -4.47. The van der Waals surface area contributed by atoms with Gasteiger partial charge in [0.15, 0.2) is 0 Å². The Morgan fingerprint density at radius 1 is 0.667 bits per heavy atom. The Bertz CT molecular complexity index is 1560. The van der Waals surface area contributed by atoms with E-state index in [1.165, 1.54) is 0 Å². The molecule has 0 aliphatic carbocycles. The molecule has 8 nitrogen and oxygen atoms in total. The molecule has 0 saturated heterocycles. The maximum absolute atomic E-state index is 10.7. The van der Waals surface area contributed by atoms with Gasteiger partial charge in [-0.15, -0.1) is 0 Å². The first-order valence-corrected chi connectivity index (χ1v) is 14.2. The van der Waals surface area contributed by atoms with Crippen LogP contribution in [0.3, 0.4) is 0 Å². The SMILES string of the molecule is CC(=O)[O-].CC(=O)[O-].Cc1cc(C(C)C)cc(C=Nc2cc3ccccc3cc2N=Cc2cc(C(C)C)cc(C)c2O)c1O.[Co+2]. The third-order valence-electron chi connectivity index (χ3n) is 6.57. The van der Waals surface area contributed by atoms with Gasteiger partial charge in [-0.25, -0.2) is 0 Å². The predicted molar refractivity (Wildman–Crippen MR) is 174 cm³/mol. The van der Waals surface area contributed by atoms with Gasteiger partial charge < -0.3 is 30.0 Å². The number of aromatic hydroxyl groups is 2. The smallest absolute Gasteiger partial charge is 0.550 e. The second kappa shape index (κ2) is 17.7. The van der Waals surface area contributed by atoms with Crippen molar-refractivity contribution >= 4 is 46.5 Å². The van der Waals surface area contributed by atoms with Crippen LogP contribution >= 0.6 is 0 Å². The summed E-state index contributed by atoms with van der Waals surface area (Å²) in [7, 11) is 0. The van der Waals surface area contributed by atoms with Crippen LogP contribution in [0.2, 0.25) is 0 Å². The molecule has 0 spiro atoms. The molecule has 0 aliphatic rings. The van der Waals surface area contributed by atoms with Gasteiger partial charge >= 0.3 is 16.8 Å². The molecule has 0 unspecified atom stereocenters. The van der Waals surface area contributed by atoms with Crippen molar-refractivity contribution in [1.82, 2.24) is 0 Å². The molecule has 0 aromatic heterocycles. The van der Waals surface area contributed by atoms with E-state index in [0.717, 1.165) is 46.9 Å². The number of aliphatic imine (C=N–C) groups is 2. The summed E-state index contributed by atoms with van der Waals surface area (Å²) in [4.78, 5) is 27.3. The number of phenolic OH excluding ortho intramolecular Hbond substituents is 2. The van der Waals surface area contributed by atoms with E-state index in [2.05, 4.69) is 27.7 Å². The molecule has 0 saturated carbocycles. The van der Waals surface area contributed by atoms with Crippen LogP contribution in [-0.4, -0.2) is 34.6 Å². The summed E-state index contributed by atoms with van der Waals surface area (Å²) < 4.78 is 0. The summed E-state index contributed by atoms with van der Waals surface area (Å²) in [6, 6.07) is 20.1. The normalized spacial score (nSPS) is 10.8. The molecule has 1 radical (unpaired) electrons. The molecule has 4 aromatic rings. The van der Waals surface area contributed by atoms with E-state index in [4.69, 9.17) is 29.8 Å². The van der Waals surface area contributed by atoms with Gasteiger partial charge in [0.25, 0.3) is 0 Å². The summed E-state index contributed by atoms with van der Waals surface area (Å²) in [6.07, 6.45) is 3.41. The first-order valence-electron chi connectivity index (χ1n) is 14.2. The second-order valence-corrected chi connectivity index (χ2v) is 11.0.